The number of hydrogen-bond acceptors (Lipinski definition) is 6. The van der Waals surface area contributed by atoms with Crippen molar-refractivity contribution < 1.29 is 28.7 Å². The topological polar surface area (TPSA) is 105 Å². The maximum Gasteiger partial charge on any atom is 0.249 e. The molecule has 2 unspecified atom stereocenters. The number of carbonyl (C=O) groups is 4. The first kappa shape index (κ1) is 23.9. The van der Waals surface area contributed by atoms with Crippen molar-refractivity contribution in [1.82, 2.24) is 15.1 Å². The van der Waals surface area contributed by atoms with E-state index in [0.29, 0.717) is 32.5 Å². The van der Waals surface area contributed by atoms with Crippen LogP contribution in [0.4, 0.5) is 0 Å². The number of rotatable bonds is 11. The molecule has 2 aliphatic rings. The lowest BCUT2D eigenvalue weighted by Crippen LogP contribution is -2.47. The van der Waals surface area contributed by atoms with Crippen LogP contribution < -0.4 is 5.32 Å². The van der Waals surface area contributed by atoms with E-state index in [1.807, 2.05) is 30.3 Å². The fraction of sp³-hybridized carbons (Fsp3) is 0.565. The standard InChI is InChI=1S/C23H31N3O6/c27-15-19-8-4-10-25(19)21(28)16-31-12-13-32-17-22(29)26-11-5-9-20(26)23(30)24-14-18-6-2-1-3-7-18/h1-3,6-7,15,19-20H,4-5,8-14,16-17H2,(H,24,30). The van der Waals surface area contributed by atoms with E-state index in [-0.39, 0.29) is 50.2 Å². The molecule has 3 rings (SSSR count). The summed E-state index contributed by atoms with van der Waals surface area (Å²) >= 11 is 0. The van der Waals surface area contributed by atoms with Gasteiger partial charge >= 0.3 is 0 Å². The number of benzene rings is 1. The quantitative estimate of drug-likeness (QED) is 0.393. The number of carbonyl (C=O) groups excluding carboxylic acids is 4. The molecule has 2 fully saturated rings. The Hall–Kier alpha value is -2.78. The van der Waals surface area contributed by atoms with E-state index >= 15 is 0 Å². The molecule has 2 saturated heterocycles. The zero-order valence-electron chi connectivity index (χ0n) is 18.2. The Balaban J connectivity index is 1.31. The summed E-state index contributed by atoms with van der Waals surface area (Å²) in [6, 6.07) is 8.80. The van der Waals surface area contributed by atoms with E-state index in [1.54, 1.807) is 4.90 Å². The van der Waals surface area contributed by atoms with Gasteiger partial charge in [0.15, 0.2) is 0 Å². The SMILES string of the molecule is O=CC1CCCN1C(=O)COCCOCC(=O)N1CCCC1C(=O)NCc1ccccc1. The first-order valence-electron chi connectivity index (χ1n) is 11.1. The van der Waals surface area contributed by atoms with E-state index in [9.17, 15) is 19.2 Å². The minimum absolute atomic E-state index is 0.114. The van der Waals surface area contributed by atoms with Crippen LogP contribution in [0.2, 0.25) is 0 Å². The molecule has 0 bridgehead atoms. The first-order valence-corrected chi connectivity index (χ1v) is 11.1. The van der Waals surface area contributed by atoms with Gasteiger partial charge < -0.3 is 29.4 Å². The number of amides is 3. The lowest BCUT2D eigenvalue weighted by molar-refractivity contribution is -0.143. The summed E-state index contributed by atoms with van der Waals surface area (Å²) < 4.78 is 10.7. The van der Waals surface area contributed by atoms with Crippen LogP contribution in [-0.4, -0.2) is 85.4 Å². The van der Waals surface area contributed by atoms with Crippen molar-refractivity contribution in [3.8, 4) is 0 Å². The highest BCUT2D eigenvalue weighted by atomic mass is 16.5. The second kappa shape index (κ2) is 12.3. The van der Waals surface area contributed by atoms with Crippen LogP contribution in [-0.2, 0) is 35.2 Å². The Kier molecular flexibility index (Phi) is 9.18. The molecule has 174 valence electrons. The van der Waals surface area contributed by atoms with Crippen LogP contribution in [0.15, 0.2) is 30.3 Å². The molecule has 1 aromatic carbocycles. The molecule has 1 N–H and O–H groups in total. The van der Waals surface area contributed by atoms with E-state index in [1.165, 1.54) is 4.90 Å². The van der Waals surface area contributed by atoms with Gasteiger partial charge in [0, 0.05) is 19.6 Å². The Labute approximate surface area is 188 Å². The van der Waals surface area contributed by atoms with E-state index in [0.717, 1.165) is 24.7 Å². The molecular weight excluding hydrogens is 414 g/mol. The molecule has 32 heavy (non-hydrogen) atoms. The van der Waals surface area contributed by atoms with Crippen LogP contribution in [0.5, 0.6) is 0 Å². The van der Waals surface area contributed by atoms with Gasteiger partial charge in [-0.05, 0) is 31.2 Å². The van der Waals surface area contributed by atoms with E-state index in [4.69, 9.17) is 9.47 Å². The number of nitrogens with one attached hydrogen (secondary N) is 1. The second-order valence-electron chi connectivity index (χ2n) is 7.99. The highest BCUT2D eigenvalue weighted by Crippen LogP contribution is 2.18. The van der Waals surface area contributed by atoms with Crippen LogP contribution in [0.25, 0.3) is 0 Å². The maximum atomic E-state index is 12.5. The fourth-order valence-corrected chi connectivity index (χ4v) is 4.09. The van der Waals surface area contributed by atoms with Gasteiger partial charge in [0.2, 0.25) is 17.7 Å². The third-order valence-corrected chi connectivity index (χ3v) is 5.79. The summed E-state index contributed by atoms with van der Waals surface area (Å²) in [5, 5.41) is 2.90. The summed E-state index contributed by atoms with van der Waals surface area (Å²) in [5.74, 6) is -0.599. The Morgan fingerprint density at radius 3 is 2.25 bits per heavy atom. The van der Waals surface area contributed by atoms with Crippen molar-refractivity contribution in [2.24, 2.45) is 0 Å². The fourth-order valence-electron chi connectivity index (χ4n) is 4.09. The molecule has 0 saturated carbocycles. The van der Waals surface area contributed by atoms with Crippen molar-refractivity contribution in [2.45, 2.75) is 44.3 Å². The highest BCUT2D eigenvalue weighted by Gasteiger charge is 2.33. The zero-order chi connectivity index (χ0) is 22.8. The predicted octanol–water partition coefficient (Wildman–Crippen LogP) is 0.517. The minimum atomic E-state index is -0.477. The average Bonchev–Trinajstić information content (AvgIpc) is 3.50. The predicted molar refractivity (Wildman–Crippen MR) is 115 cm³/mol. The van der Waals surface area contributed by atoms with Gasteiger partial charge in [0.1, 0.15) is 25.5 Å². The average molecular weight is 446 g/mol. The number of likely N-dealkylation sites (tertiary alicyclic amines) is 2. The summed E-state index contributed by atoms with van der Waals surface area (Å²) in [6.45, 7) is 1.61. The number of aldehydes is 1. The monoisotopic (exact) mass is 445 g/mol. The highest BCUT2D eigenvalue weighted by molar-refractivity contribution is 5.88. The van der Waals surface area contributed by atoms with Crippen molar-refractivity contribution in [2.75, 3.05) is 39.5 Å². The number of hydrogen-bond donors (Lipinski definition) is 1. The Morgan fingerprint density at radius 2 is 1.56 bits per heavy atom. The third kappa shape index (κ3) is 6.61. The van der Waals surface area contributed by atoms with Gasteiger partial charge in [-0.1, -0.05) is 30.3 Å². The van der Waals surface area contributed by atoms with Crippen LogP contribution >= 0.6 is 0 Å². The number of ether oxygens (including phenoxy) is 2. The van der Waals surface area contributed by atoms with Crippen LogP contribution in [0.3, 0.4) is 0 Å². The normalized spacial score (nSPS) is 20.4. The van der Waals surface area contributed by atoms with Gasteiger partial charge in [-0.15, -0.1) is 0 Å². The Morgan fingerprint density at radius 1 is 0.938 bits per heavy atom. The molecule has 0 aliphatic carbocycles. The van der Waals surface area contributed by atoms with Crippen molar-refractivity contribution in [1.29, 1.82) is 0 Å². The summed E-state index contributed by atoms with van der Waals surface area (Å²) in [5.41, 5.74) is 1.00. The van der Waals surface area contributed by atoms with Gasteiger partial charge in [-0.3, -0.25) is 14.4 Å². The molecule has 0 aromatic heterocycles. The molecule has 0 radical (unpaired) electrons. The van der Waals surface area contributed by atoms with Gasteiger partial charge in [-0.25, -0.2) is 0 Å². The molecule has 3 amide bonds. The van der Waals surface area contributed by atoms with Crippen LogP contribution in [0.1, 0.15) is 31.2 Å². The molecule has 9 heteroatoms. The first-order chi connectivity index (χ1) is 15.6. The van der Waals surface area contributed by atoms with Crippen LogP contribution in [0, 0.1) is 0 Å². The van der Waals surface area contributed by atoms with E-state index < -0.39 is 6.04 Å². The molecular formula is C23H31N3O6. The second-order valence-corrected chi connectivity index (χ2v) is 7.99. The Bertz CT molecular complexity index is 787. The molecule has 2 aliphatic heterocycles. The summed E-state index contributed by atoms with van der Waals surface area (Å²) in [4.78, 5) is 51.2. The smallest absolute Gasteiger partial charge is 0.249 e. The maximum absolute atomic E-state index is 12.5. The minimum Gasteiger partial charge on any atom is -0.369 e. The molecule has 0 spiro atoms. The molecule has 9 nitrogen and oxygen atoms in total. The zero-order valence-corrected chi connectivity index (χ0v) is 18.2. The molecule has 2 atom stereocenters. The molecule has 1 aromatic rings. The lowest BCUT2D eigenvalue weighted by atomic mass is 10.2. The van der Waals surface area contributed by atoms with Gasteiger partial charge in [0.05, 0.1) is 19.3 Å². The van der Waals surface area contributed by atoms with Crippen molar-refractivity contribution in [3.63, 3.8) is 0 Å². The summed E-state index contributed by atoms with van der Waals surface area (Å²) in [7, 11) is 0. The van der Waals surface area contributed by atoms with Gasteiger partial charge in [0.25, 0.3) is 0 Å². The third-order valence-electron chi connectivity index (χ3n) is 5.79. The van der Waals surface area contributed by atoms with Crippen molar-refractivity contribution in [3.05, 3.63) is 35.9 Å². The summed E-state index contributed by atoms with van der Waals surface area (Å²) in [6.07, 6.45) is 3.73. The van der Waals surface area contributed by atoms with Crippen molar-refractivity contribution >= 4 is 24.0 Å². The largest absolute Gasteiger partial charge is 0.369 e. The molecule has 2 heterocycles. The number of nitrogens with zero attached hydrogens (tertiary/aromatic N) is 2. The lowest BCUT2D eigenvalue weighted by Gasteiger charge is -2.24. The van der Waals surface area contributed by atoms with Gasteiger partial charge in [-0.2, -0.15) is 0 Å². The van der Waals surface area contributed by atoms with E-state index in [2.05, 4.69) is 5.32 Å².